The molecule has 1 nitrogen and oxygen atoms in total. The first-order valence-corrected chi connectivity index (χ1v) is 18.9. The second-order valence-electron chi connectivity index (χ2n) is 14.0. The molecule has 0 bridgehead atoms. The summed E-state index contributed by atoms with van der Waals surface area (Å²) < 4.78 is 0. The van der Waals surface area contributed by atoms with Crippen LogP contribution in [0.3, 0.4) is 0 Å². The molecule has 9 aromatic rings. The minimum atomic E-state index is 1.11. The Morgan fingerprint density at radius 1 is 0.182 bits per heavy atom. The van der Waals surface area contributed by atoms with E-state index in [0.717, 1.165) is 17.1 Å². The summed E-state index contributed by atoms with van der Waals surface area (Å²) in [5, 5.41) is 0. The van der Waals surface area contributed by atoms with Crippen molar-refractivity contribution >= 4 is 17.1 Å². The Balaban J connectivity index is 1.25. The molecule has 0 saturated heterocycles. The number of nitrogens with zero attached hydrogens (tertiary/aromatic N) is 1. The SMILES string of the molecule is c1ccc(N(c2ccccc2)c2ccc(-c3cccc4c3-c3ccccc3-c3ccccc3-c3ccccc3-c3ccccc3-c3ccccc3-4)cc2)cc1. The molecule has 258 valence electrons. The average Bonchev–Trinajstić information content (AvgIpc) is 3.27. The van der Waals surface area contributed by atoms with Crippen LogP contribution in [0, 0.1) is 0 Å². The zero-order valence-corrected chi connectivity index (χ0v) is 30.3. The third-order valence-electron chi connectivity index (χ3n) is 10.9. The summed E-state index contributed by atoms with van der Waals surface area (Å²) in [6.07, 6.45) is 0. The number of benzene rings is 9. The molecule has 9 aromatic carbocycles. The molecule has 0 aromatic heterocycles. The van der Waals surface area contributed by atoms with Gasteiger partial charge in [0.05, 0.1) is 0 Å². The normalized spacial score (nSPS) is 11.3. The summed E-state index contributed by atoms with van der Waals surface area (Å²) in [6, 6.07) is 81.7. The molecule has 0 radical (unpaired) electrons. The first-order chi connectivity index (χ1) is 27.3. The van der Waals surface area contributed by atoms with Crippen LogP contribution in [0.15, 0.2) is 224 Å². The molecule has 0 N–H and O–H groups in total. The van der Waals surface area contributed by atoms with Gasteiger partial charge in [-0.15, -0.1) is 0 Å². The lowest BCUT2D eigenvalue weighted by molar-refractivity contribution is 1.28. The largest absolute Gasteiger partial charge is 0.311 e. The molecule has 0 amide bonds. The summed E-state index contributed by atoms with van der Waals surface area (Å²) in [7, 11) is 0. The van der Waals surface area contributed by atoms with E-state index in [2.05, 4.69) is 229 Å². The maximum absolute atomic E-state index is 2.32. The molecule has 0 heterocycles. The van der Waals surface area contributed by atoms with E-state index in [1.165, 1.54) is 77.9 Å². The van der Waals surface area contributed by atoms with Crippen LogP contribution < -0.4 is 4.90 Å². The number of anilines is 3. The Bertz CT molecular complexity index is 2750. The van der Waals surface area contributed by atoms with Crippen LogP contribution in [0.1, 0.15) is 0 Å². The molecular formula is C54H37N. The highest BCUT2D eigenvalue weighted by atomic mass is 15.1. The van der Waals surface area contributed by atoms with E-state index < -0.39 is 0 Å². The standard InChI is InChI=1S/C54H37N/c1-3-18-39(19-4-1)55(40-20-5-2-6-21-40)41-36-34-38(35-37-41)42-32-17-33-53-51-29-14-13-28-49(51)47-25-10-9-24-45(47)43-22-7-8-23-44(43)46-26-11-12-27-48(46)50-30-15-16-31-52(50)54(42)53/h1-37H. The van der Waals surface area contributed by atoms with Crippen LogP contribution in [-0.2, 0) is 0 Å². The number of hydrogen-bond acceptors (Lipinski definition) is 1. The predicted molar refractivity (Wildman–Crippen MR) is 233 cm³/mol. The molecule has 0 fully saturated rings. The summed E-state index contributed by atoms with van der Waals surface area (Å²) in [6.45, 7) is 0. The van der Waals surface area contributed by atoms with Gasteiger partial charge in [0.1, 0.15) is 0 Å². The Hall–Kier alpha value is -7.22. The van der Waals surface area contributed by atoms with Gasteiger partial charge < -0.3 is 4.90 Å². The van der Waals surface area contributed by atoms with Crippen LogP contribution >= 0.6 is 0 Å². The smallest absolute Gasteiger partial charge is 0.0462 e. The molecular weight excluding hydrogens is 663 g/mol. The van der Waals surface area contributed by atoms with Gasteiger partial charge in [0.2, 0.25) is 0 Å². The van der Waals surface area contributed by atoms with E-state index in [9.17, 15) is 0 Å². The molecule has 0 unspecified atom stereocenters. The minimum absolute atomic E-state index is 1.11. The number of hydrogen-bond donors (Lipinski definition) is 0. The zero-order chi connectivity index (χ0) is 36.6. The van der Waals surface area contributed by atoms with Gasteiger partial charge in [-0.25, -0.2) is 0 Å². The topological polar surface area (TPSA) is 3.24 Å². The van der Waals surface area contributed by atoms with Gasteiger partial charge in [-0.3, -0.25) is 0 Å². The van der Waals surface area contributed by atoms with Crippen molar-refractivity contribution in [3.63, 3.8) is 0 Å². The lowest BCUT2D eigenvalue weighted by Gasteiger charge is -2.26. The van der Waals surface area contributed by atoms with Crippen molar-refractivity contribution < 1.29 is 0 Å². The van der Waals surface area contributed by atoms with E-state index in [0.29, 0.717) is 0 Å². The van der Waals surface area contributed by atoms with Gasteiger partial charge in [-0.05, 0) is 114 Å². The van der Waals surface area contributed by atoms with Gasteiger partial charge in [0.15, 0.2) is 0 Å². The van der Waals surface area contributed by atoms with Crippen molar-refractivity contribution in [1.82, 2.24) is 0 Å². The molecule has 10 rings (SSSR count). The van der Waals surface area contributed by atoms with Crippen molar-refractivity contribution in [2.75, 3.05) is 4.90 Å². The van der Waals surface area contributed by atoms with Crippen molar-refractivity contribution in [2.24, 2.45) is 0 Å². The lowest BCUT2D eigenvalue weighted by atomic mass is 9.79. The maximum atomic E-state index is 2.32. The molecule has 0 spiro atoms. The van der Waals surface area contributed by atoms with Gasteiger partial charge in [0.25, 0.3) is 0 Å². The van der Waals surface area contributed by atoms with Crippen LogP contribution in [0.25, 0.3) is 77.9 Å². The van der Waals surface area contributed by atoms with Crippen LogP contribution in [0.2, 0.25) is 0 Å². The summed E-state index contributed by atoms with van der Waals surface area (Å²) >= 11 is 0. The van der Waals surface area contributed by atoms with E-state index >= 15 is 0 Å². The minimum Gasteiger partial charge on any atom is -0.311 e. The van der Waals surface area contributed by atoms with Crippen LogP contribution in [-0.4, -0.2) is 0 Å². The fourth-order valence-electron chi connectivity index (χ4n) is 8.45. The third kappa shape index (κ3) is 5.75. The second kappa shape index (κ2) is 14.0. The van der Waals surface area contributed by atoms with E-state index in [1.54, 1.807) is 0 Å². The summed E-state index contributed by atoms with van der Waals surface area (Å²) in [5.41, 5.74) is 20.3. The molecule has 55 heavy (non-hydrogen) atoms. The average molecular weight is 700 g/mol. The van der Waals surface area contributed by atoms with Gasteiger partial charge in [-0.2, -0.15) is 0 Å². The van der Waals surface area contributed by atoms with Crippen LogP contribution in [0.4, 0.5) is 17.1 Å². The first-order valence-electron chi connectivity index (χ1n) is 18.9. The Morgan fingerprint density at radius 2 is 0.455 bits per heavy atom. The Kier molecular flexibility index (Phi) is 8.24. The third-order valence-corrected chi connectivity index (χ3v) is 10.9. The van der Waals surface area contributed by atoms with Gasteiger partial charge in [-0.1, -0.05) is 188 Å². The maximum Gasteiger partial charge on any atom is 0.0462 e. The fraction of sp³-hybridized carbons (Fsp3) is 0. The number of para-hydroxylation sites is 2. The highest BCUT2D eigenvalue weighted by molar-refractivity contribution is 6.06. The number of fused-ring (bicyclic) bond motifs is 12. The molecule has 0 saturated carbocycles. The monoisotopic (exact) mass is 699 g/mol. The quantitative estimate of drug-likeness (QED) is 0.177. The molecule has 1 aliphatic carbocycles. The fourth-order valence-corrected chi connectivity index (χ4v) is 8.45. The molecule has 1 heteroatoms. The molecule has 1 aliphatic rings. The highest BCUT2D eigenvalue weighted by Crippen LogP contribution is 2.50. The second-order valence-corrected chi connectivity index (χ2v) is 14.0. The van der Waals surface area contributed by atoms with Crippen molar-refractivity contribution in [1.29, 1.82) is 0 Å². The van der Waals surface area contributed by atoms with Gasteiger partial charge in [0, 0.05) is 17.1 Å². The zero-order valence-electron chi connectivity index (χ0n) is 30.3. The van der Waals surface area contributed by atoms with Crippen molar-refractivity contribution in [3.8, 4) is 77.9 Å². The van der Waals surface area contributed by atoms with E-state index in [-0.39, 0.29) is 0 Å². The van der Waals surface area contributed by atoms with Crippen molar-refractivity contribution in [3.05, 3.63) is 224 Å². The van der Waals surface area contributed by atoms with Gasteiger partial charge >= 0.3 is 0 Å². The van der Waals surface area contributed by atoms with Crippen LogP contribution in [0.5, 0.6) is 0 Å². The predicted octanol–water partition coefficient (Wildman–Crippen LogP) is 15.1. The highest BCUT2D eigenvalue weighted by Gasteiger charge is 2.24. The van der Waals surface area contributed by atoms with E-state index in [4.69, 9.17) is 0 Å². The Labute approximate surface area is 323 Å². The Morgan fingerprint density at radius 3 is 0.855 bits per heavy atom. The number of rotatable bonds is 4. The first kappa shape index (κ1) is 32.4. The lowest BCUT2D eigenvalue weighted by Crippen LogP contribution is -2.09. The summed E-state index contributed by atoms with van der Waals surface area (Å²) in [4.78, 5) is 2.32. The molecule has 0 aliphatic heterocycles. The summed E-state index contributed by atoms with van der Waals surface area (Å²) in [5.74, 6) is 0. The molecule has 0 atom stereocenters. The van der Waals surface area contributed by atoms with Crippen molar-refractivity contribution in [2.45, 2.75) is 0 Å². The van der Waals surface area contributed by atoms with E-state index in [1.807, 2.05) is 0 Å².